The second-order valence-electron chi connectivity index (χ2n) is 6.64. The molecule has 1 aliphatic heterocycles. The standard InChI is InChI=1S/C15H26N4O/c1-12(2)16-9-13-10-19(18-17-13)11-14-5-8-15(20-14)6-3-4-7-15/h10,12,14,16H,3-9,11H2,1-2H3. The van der Waals surface area contributed by atoms with Crippen molar-refractivity contribution in [3.05, 3.63) is 11.9 Å². The largest absolute Gasteiger partial charge is 0.370 e. The number of ether oxygens (including phenoxy) is 1. The van der Waals surface area contributed by atoms with E-state index in [0.717, 1.165) is 18.8 Å². The van der Waals surface area contributed by atoms with Crippen molar-refractivity contribution in [2.45, 2.75) is 83.2 Å². The van der Waals surface area contributed by atoms with E-state index >= 15 is 0 Å². The van der Waals surface area contributed by atoms with Crippen molar-refractivity contribution in [3.63, 3.8) is 0 Å². The summed E-state index contributed by atoms with van der Waals surface area (Å²) in [5.74, 6) is 0. The lowest BCUT2D eigenvalue weighted by Crippen LogP contribution is -2.26. The molecule has 1 saturated carbocycles. The van der Waals surface area contributed by atoms with Crippen LogP contribution in [0.3, 0.4) is 0 Å². The molecule has 1 atom stereocenters. The van der Waals surface area contributed by atoms with E-state index in [1.54, 1.807) is 0 Å². The zero-order chi connectivity index (χ0) is 14.0. The highest BCUT2D eigenvalue weighted by molar-refractivity contribution is 4.95. The molecule has 3 rings (SSSR count). The van der Waals surface area contributed by atoms with Crippen molar-refractivity contribution in [1.29, 1.82) is 0 Å². The molecule has 0 radical (unpaired) electrons. The van der Waals surface area contributed by atoms with Crippen molar-refractivity contribution in [2.24, 2.45) is 0 Å². The van der Waals surface area contributed by atoms with Crippen molar-refractivity contribution in [3.8, 4) is 0 Å². The van der Waals surface area contributed by atoms with Crippen LogP contribution < -0.4 is 5.32 Å². The SMILES string of the molecule is CC(C)NCc1cn(CC2CCC3(CCCC3)O2)nn1. The average Bonchev–Trinajstić information content (AvgIpc) is 3.12. The maximum Gasteiger partial charge on any atom is 0.0964 e. The molecule has 1 spiro atoms. The zero-order valence-corrected chi connectivity index (χ0v) is 12.6. The Kier molecular flexibility index (Phi) is 4.08. The minimum absolute atomic E-state index is 0.216. The summed E-state index contributed by atoms with van der Waals surface area (Å²) < 4.78 is 8.26. The molecule has 1 saturated heterocycles. The zero-order valence-electron chi connectivity index (χ0n) is 12.6. The van der Waals surface area contributed by atoms with Gasteiger partial charge >= 0.3 is 0 Å². The van der Waals surface area contributed by atoms with Crippen LogP contribution in [0.1, 0.15) is 58.1 Å². The fourth-order valence-corrected chi connectivity index (χ4v) is 3.44. The normalized spacial score (nSPS) is 25.1. The summed E-state index contributed by atoms with van der Waals surface area (Å²) in [6.45, 7) is 5.90. The predicted octanol–water partition coefficient (Wildman–Crippen LogP) is 2.27. The highest BCUT2D eigenvalue weighted by Crippen LogP contribution is 2.43. The second-order valence-corrected chi connectivity index (χ2v) is 6.64. The topological polar surface area (TPSA) is 52.0 Å². The van der Waals surface area contributed by atoms with Gasteiger partial charge in [0, 0.05) is 18.8 Å². The predicted molar refractivity (Wildman–Crippen MR) is 77.3 cm³/mol. The first-order chi connectivity index (χ1) is 9.65. The van der Waals surface area contributed by atoms with E-state index in [4.69, 9.17) is 4.74 Å². The van der Waals surface area contributed by atoms with E-state index in [0.29, 0.717) is 12.1 Å². The lowest BCUT2D eigenvalue weighted by atomic mass is 9.98. The molecular weight excluding hydrogens is 252 g/mol. The Bertz CT molecular complexity index is 437. The summed E-state index contributed by atoms with van der Waals surface area (Å²) in [7, 11) is 0. The van der Waals surface area contributed by atoms with Gasteiger partial charge in [0.25, 0.3) is 0 Å². The summed E-state index contributed by atoms with van der Waals surface area (Å²) in [6.07, 6.45) is 9.93. The molecule has 2 aliphatic rings. The van der Waals surface area contributed by atoms with Gasteiger partial charge in [0.15, 0.2) is 0 Å². The van der Waals surface area contributed by atoms with E-state index in [2.05, 4.69) is 29.5 Å². The molecule has 1 unspecified atom stereocenters. The number of rotatable bonds is 5. The number of hydrogen-bond donors (Lipinski definition) is 1. The van der Waals surface area contributed by atoms with Gasteiger partial charge in [0.05, 0.1) is 23.9 Å². The van der Waals surface area contributed by atoms with Crippen LogP contribution in [0.25, 0.3) is 0 Å². The van der Waals surface area contributed by atoms with Crippen molar-refractivity contribution >= 4 is 0 Å². The molecule has 5 nitrogen and oxygen atoms in total. The fourth-order valence-electron chi connectivity index (χ4n) is 3.44. The van der Waals surface area contributed by atoms with Crippen LogP contribution in [-0.2, 0) is 17.8 Å². The third-order valence-corrected chi connectivity index (χ3v) is 4.52. The Labute approximate surface area is 121 Å². The number of aromatic nitrogens is 3. The van der Waals surface area contributed by atoms with Crippen LogP contribution in [0, 0.1) is 0 Å². The quantitative estimate of drug-likeness (QED) is 0.897. The smallest absolute Gasteiger partial charge is 0.0964 e. The van der Waals surface area contributed by atoms with Gasteiger partial charge in [-0.05, 0) is 25.7 Å². The Morgan fingerprint density at radius 1 is 1.40 bits per heavy atom. The first-order valence-corrected chi connectivity index (χ1v) is 7.95. The lowest BCUT2D eigenvalue weighted by Gasteiger charge is -2.23. The Morgan fingerprint density at radius 3 is 2.95 bits per heavy atom. The lowest BCUT2D eigenvalue weighted by molar-refractivity contribution is -0.0430. The van der Waals surface area contributed by atoms with Gasteiger partial charge in [0.1, 0.15) is 0 Å². The van der Waals surface area contributed by atoms with Crippen LogP contribution in [0.4, 0.5) is 0 Å². The van der Waals surface area contributed by atoms with Crippen LogP contribution >= 0.6 is 0 Å². The Morgan fingerprint density at radius 2 is 2.20 bits per heavy atom. The first kappa shape index (κ1) is 14.0. The average molecular weight is 278 g/mol. The summed E-state index contributed by atoms with van der Waals surface area (Å²) in [5, 5.41) is 11.8. The molecule has 5 heteroatoms. The molecule has 0 amide bonds. The molecule has 112 valence electrons. The van der Waals surface area contributed by atoms with Crippen molar-refractivity contribution in [1.82, 2.24) is 20.3 Å². The number of nitrogens with one attached hydrogen (secondary N) is 1. The van der Waals surface area contributed by atoms with Gasteiger partial charge in [-0.1, -0.05) is 31.9 Å². The summed E-state index contributed by atoms with van der Waals surface area (Å²) in [6, 6.07) is 0.473. The third-order valence-electron chi connectivity index (χ3n) is 4.52. The Balaban J connectivity index is 1.51. The van der Waals surface area contributed by atoms with Gasteiger partial charge in [-0.15, -0.1) is 5.10 Å². The second kappa shape index (κ2) is 5.82. The van der Waals surface area contributed by atoms with Crippen LogP contribution in [-0.4, -0.2) is 32.7 Å². The highest BCUT2D eigenvalue weighted by Gasteiger charge is 2.42. The number of hydrogen-bond acceptors (Lipinski definition) is 4. The Hall–Kier alpha value is -0.940. The van der Waals surface area contributed by atoms with E-state index < -0.39 is 0 Å². The van der Waals surface area contributed by atoms with E-state index in [1.807, 2.05) is 10.9 Å². The van der Waals surface area contributed by atoms with Crippen molar-refractivity contribution in [2.75, 3.05) is 0 Å². The minimum Gasteiger partial charge on any atom is -0.370 e. The molecule has 1 aromatic rings. The monoisotopic (exact) mass is 278 g/mol. The third kappa shape index (κ3) is 3.20. The molecule has 1 N–H and O–H groups in total. The van der Waals surface area contributed by atoms with Crippen LogP contribution in [0.5, 0.6) is 0 Å². The molecular formula is C15H26N4O. The van der Waals surface area contributed by atoms with Crippen LogP contribution in [0.2, 0.25) is 0 Å². The highest BCUT2D eigenvalue weighted by atomic mass is 16.5. The van der Waals surface area contributed by atoms with Gasteiger partial charge in [-0.2, -0.15) is 0 Å². The molecule has 2 fully saturated rings. The molecule has 0 bridgehead atoms. The minimum atomic E-state index is 0.216. The maximum absolute atomic E-state index is 6.32. The number of nitrogens with zero attached hydrogens (tertiary/aromatic N) is 3. The van der Waals surface area contributed by atoms with Gasteiger partial charge < -0.3 is 10.1 Å². The van der Waals surface area contributed by atoms with E-state index in [1.165, 1.54) is 38.5 Å². The maximum atomic E-state index is 6.32. The first-order valence-electron chi connectivity index (χ1n) is 7.95. The summed E-state index contributed by atoms with van der Waals surface area (Å²) >= 11 is 0. The molecule has 1 aliphatic carbocycles. The van der Waals surface area contributed by atoms with Gasteiger partial charge in [0.2, 0.25) is 0 Å². The van der Waals surface area contributed by atoms with E-state index in [9.17, 15) is 0 Å². The van der Waals surface area contributed by atoms with Gasteiger partial charge in [-0.25, -0.2) is 4.68 Å². The van der Waals surface area contributed by atoms with Gasteiger partial charge in [-0.3, -0.25) is 0 Å². The molecule has 0 aromatic carbocycles. The van der Waals surface area contributed by atoms with Crippen molar-refractivity contribution < 1.29 is 4.74 Å². The molecule has 1 aromatic heterocycles. The summed E-state index contributed by atoms with van der Waals surface area (Å²) in [5.41, 5.74) is 1.22. The molecule has 2 heterocycles. The molecule has 20 heavy (non-hydrogen) atoms. The fraction of sp³-hybridized carbons (Fsp3) is 0.867. The van der Waals surface area contributed by atoms with E-state index in [-0.39, 0.29) is 5.60 Å². The summed E-state index contributed by atoms with van der Waals surface area (Å²) in [4.78, 5) is 0. The van der Waals surface area contributed by atoms with Crippen LogP contribution in [0.15, 0.2) is 6.20 Å².